The molecule has 0 atom stereocenters. The van der Waals surface area contributed by atoms with Crippen LogP contribution in [-0.4, -0.2) is 23.5 Å². The number of hydrogen-bond acceptors (Lipinski definition) is 5. The molecule has 0 aliphatic rings. The summed E-state index contributed by atoms with van der Waals surface area (Å²) in [5.74, 6) is -1.66. The summed E-state index contributed by atoms with van der Waals surface area (Å²) in [5.41, 5.74) is 4.36. The first-order valence-electron chi connectivity index (χ1n) is 13.3. The van der Waals surface area contributed by atoms with Gasteiger partial charge in [-0.15, -0.1) is 11.3 Å². The van der Waals surface area contributed by atoms with Gasteiger partial charge in [0.2, 0.25) is 0 Å². The fourth-order valence-corrected chi connectivity index (χ4v) is 7.91. The number of aromatic carboxylic acids is 1. The molecule has 4 aromatic carbocycles. The maximum Gasteiger partial charge on any atom is 0.336 e. The second-order valence-corrected chi connectivity index (χ2v) is 13.3. The van der Waals surface area contributed by atoms with Gasteiger partial charge in [0.25, 0.3) is 10.0 Å². The maximum atomic E-state index is 14.8. The number of carboxylic acids is 1. The Labute approximate surface area is 261 Å². The van der Waals surface area contributed by atoms with Crippen molar-refractivity contribution in [1.82, 2.24) is 3.97 Å². The quantitative estimate of drug-likeness (QED) is 0.196. The predicted octanol–water partition coefficient (Wildman–Crippen LogP) is 8.92. The molecular formula is C34H22ClFN2O4S2. The molecule has 6 rings (SSSR count). The Morgan fingerprint density at radius 3 is 2.39 bits per heavy atom. The van der Waals surface area contributed by atoms with E-state index >= 15 is 0 Å². The number of rotatable bonds is 6. The summed E-state index contributed by atoms with van der Waals surface area (Å²) in [6.07, 6.45) is 0. The molecular weight excluding hydrogens is 619 g/mol. The summed E-state index contributed by atoms with van der Waals surface area (Å²) in [5, 5.41) is 21.8. The Morgan fingerprint density at radius 1 is 0.955 bits per heavy atom. The first-order valence-corrected chi connectivity index (χ1v) is 16.0. The summed E-state index contributed by atoms with van der Waals surface area (Å²) in [7, 11) is -4.25. The van der Waals surface area contributed by atoms with Gasteiger partial charge in [0.15, 0.2) is 0 Å². The van der Waals surface area contributed by atoms with Gasteiger partial charge in [-0.3, -0.25) is 0 Å². The lowest BCUT2D eigenvalue weighted by atomic mass is 9.95. The van der Waals surface area contributed by atoms with Crippen LogP contribution in [0.25, 0.3) is 44.4 Å². The standard InChI is InChI=1S/C34H22ClFN2O4S2/c1-19-6-9-24(10-7-19)44(41,42)38-29-13-8-23(36)17-28(29)31(27-14-15-43-30(27)18-37)33(38)22-5-3-4-21(16-22)26-12-11-25(34(39)40)20(2)32(26)35/h3-17H,1-2H3,(H,39,40). The minimum atomic E-state index is -4.25. The van der Waals surface area contributed by atoms with E-state index in [-0.39, 0.29) is 26.7 Å². The fraction of sp³-hybridized carbons (Fsp3) is 0.0588. The average Bonchev–Trinajstić information content (AvgIpc) is 3.60. The van der Waals surface area contributed by atoms with Crippen molar-refractivity contribution >= 4 is 49.8 Å². The van der Waals surface area contributed by atoms with Crippen LogP contribution in [0.5, 0.6) is 0 Å². The van der Waals surface area contributed by atoms with Crippen molar-refractivity contribution < 1.29 is 22.7 Å². The number of fused-ring (bicyclic) bond motifs is 1. The first kappa shape index (κ1) is 29.3. The van der Waals surface area contributed by atoms with Crippen LogP contribution < -0.4 is 0 Å². The van der Waals surface area contributed by atoms with Crippen molar-refractivity contribution in [3.63, 3.8) is 0 Å². The summed E-state index contributed by atoms with van der Waals surface area (Å²) in [6.45, 7) is 3.48. The van der Waals surface area contributed by atoms with E-state index in [4.69, 9.17) is 11.6 Å². The zero-order valence-electron chi connectivity index (χ0n) is 23.3. The number of carbonyl (C=O) groups is 1. The normalized spacial score (nSPS) is 11.5. The molecule has 0 aliphatic carbocycles. The van der Waals surface area contributed by atoms with Crippen LogP contribution in [0.15, 0.2) is 95.2 Å². The summed E-state index contributed by atoms with van der Waals surface area (Å²) in [6, 6.07) is 24.4. The van der Waals surface area contributed by atoms with E-state index in [0.717, 1.165) is 5.56 Å². The molecule has 0 radical (unpaired) electrons. The molecule has 0 fully saturated rings. The van der Waals surface area contributed by atoms with Crippen molar-refractivity contribution in [2.45, 2.75) is 18.7 Å². The minimum Gasteiger partial charge on any atom is -0.478 e. The van der Waals surface area contributed by atoms with Crippen molar-refractivity contribution in [3.8, 4) is 39.6 Å². The summed E-state index contributed by atoms with van der Waals surface area (Å²) < 4.78 is 45.0. The smallest absolute Gasteiger partial charge is 0.336 e. The topological polar surface area (TPSA) is 100 Å². The zero-order valence-corrected chi connectivity index (χ0v) is 25.7. The molecule has 218 valence electrons. The molecule has 6 aromatic rings. The van der Waals surface area contributed by atoms with E-state index in [9.17, 15) is 28.0 Å². The molecule has 0 saturated heterocycles. The Bertz CT molecular complexity index is 2280. The molecule has 1 N–H and O–H groups in total. The first-order chi connectivity index (χ1) is 21.0. The van der Waals surface area contributed by atoms with Gasteiger partial charge in [-0.25, -0.2) is 21.6 Å². The van der Waals surface area contributed by atoms with Gasteiger partial charge in [-0.05, 0) is 78.9 Å². The van der Waals surface area contributed by atoms with Crippen LogP contribution in [0.4, 0.5) is 4.39 Å². The molecule has 2 aromatic heterocycles. The number of halogens is 2. The molecule has 6 nitrogen and oxygen atoms in total. The van der Waals surface area contributed by atoms with Crippen LogP contribution in [0.2, 0.25) is 5.02 Å². The maximum absolute atomic E-state index is 14.8. The van der Waals surface area contributed by atoms with Gasteiger partial charge in [0, 0.05) is 27.6 Å². The SMILES string of the molecule is Cc1ccc(S(=O)(=O)n2c(-c3cccc(-c4ccc(C(=O)O)c(C)c4Cl)c3)c(-c3ccsc3C#N)c3cc(F)ccc32)cc1. The number of aromatic nitrogens is 1. The molecule has 0 spiro atoms. The van der Waals surface area contributed by atoms with E-state index < -0.39 is 21.8 Å². The van der Waals surface area contributed by atoms with Crippen LogP contribution in [0, 0.1) is 31.0 Å². The van der Waals surface area contributed by atoms with Crippen molar-refractivity contribution in [1.29, 1.82) is 5.26 Å². The van der Waals surface area contributed by atoms with Crippen LogP contribution in [-0.2, 0) is 10.0 Å². The minimum absolute atomic E-state index is 0.0435. The van der Waals surface area contributed by atoms with Gasteiger partial charge >= 0.3 is 5.97 Å². The van der Waals surface area contributed by atoms with E-state index in [1.165, 1.54) is 51.7 Å². The molecule has 0 saturated carbocycles. The largest absolute Gasteiger partial charge is 0.478 e. The summed E-state index contributed by atoms with van der Waals surface area (Å²) >= 11 is 7.87. The molecule has 0 aliphatic heterocycles. The van der Waals surface area contributed by atoms with Crippen molar-refractivity contribution in [2.75, 3.05) is 0 Å². The highest BCUT2D eigenvalue weighted by Gasteiger charge is 2.30. The van der Waals surface area contributed by atoms with Gasteiger partial charge in [0.05, 0.1) is 26.7 Å². The van der Waals surface area contributed by atoms with Gasteiger partial charge in [0.1, 0.15) is 16.8 Å². The lowest BCUT2D eigenvalue weighted by Gasteiger charge is -2.16. The number of aryl methyl sites for hydroxylation is 1. The van der Waals surface area contributed by atoms with Crippen molar-refractivity contribution in [3.05, 3.63) is 123 Å². The molecule has 0 bridgehead atoms. The van der Waals surface area contributed by atoms with Crippen LogP contribution in [0.1, 0.15) is 26.4 Å². The lowest BCUT2D eigenvalue weighted by Crippen LogP contribution is -2.14. The van der Waals surface area contributed by atoms with Crippen molar-refractivity contribution in [2.24, 2.45) is 0 Å². The Morgan fingerprint density at radius 2 is 1.68 bits per heavy atom. The van der Waals surface area contributed by atoms with E-state index in [1.54, 1.807) is 60.8 Å². The third kappa shape index (κ3) is 4.77. The van der Waals surface area contributed by atoms with E-state index in [0.29, 0.717) is 43.6 Å². The van der Waals surface area contributed by atoms with Gasteiger partial charge in [-0.1, -0.05) is 53.6 Å². The van der Waals surface area contributed by atoms with Gasteiger partial charge < -0.3 is 5.11 Å². The Kier molecular flexibility index (Phi) is 7.38. The highest BCUT2D eigenvalue weighted by atomic mass is 35.5. The van der Waals surface area contributed by atoms with Crippen LogP contribution in [0.3, 0.4) is 0 Å². The highest BCUT2D eigenvalue weighted by Crippen LogP contribution is 2.46. The second-order valence-electron chi connectivity index (χ2n) is 10.2. The monoisotopic (exact) mass is 640 g/mol. The van der Waals surface area contributed by atoms with Crippen LogP contribution >= 0.6 is 22.9 Å². The second kappa shape index (κ2) is 11.1. The lowest BCUT2D eigenvalue weighted by molar-refractivity contribution is 0.0696. The number of benzene rings is 4. The summed E-state index contributed by atoms with van der Waals surface area (Å²) in [4.78, 5) is 12.1. The molecule has 0 unspecified atom stereocenters. The molecule has 10 heteroatoms. The number of nitrogens with zero attached hydrogens (tertiary/aromatic N) is 2. The Balaban J connectivity index is 1.73. The number of carboxylic acid groups (broad SMARTS) is 1. The predicted molar refractivity (Wildman–Crippen MR) is 171 cm³/mol. The Hall–Kier alpha value is -4.75. The van der Waals surface area contributed by atoms with E-state index in [1.807, 2.05) is 6.92 Å². The van der Waals surface area contributed by atoms with Gasteiger partial charge in [-0.2, -0.15) is 5.26 Å². The third-order valence-electron chi connectivity index (χ3n) is 7.55. The van der Waals surface area contributed by atoms with E-state index in [2.05, 4.69) is 6.07 Å². The molecule has 2 heterocycles. The highest BCUT2D eigenvalue weighted by molar-refractivity contribution is 7.90. The molecule has 44 heavy (non-hydrogen) atoms. The third-order valence-corrected chi connectivity index (χ3v) is 10.6. The number of thiophene rings is 1. The molecule has 0 amide bonds. The number of hydrogen-bond donors (Lipinski definition) is 1. The zero-order chi connectivity index (χ0) is 31.3. The average molecular weight is 641 g/mol. The fourth-order valence-electron chi connectivity index (χ4n) is 5.40. The number of nitriles is 1.